The van der Waals surface area contributed by atoms with Gasteiger partial charge in [-0.05, 0) is 17.4 Å². The van der Waals surface area contributed by atoms with Crippen molar-refractivity contribution in [1.29, 1.82) is 0 Å². The number of fused-ring (bicyclic) bond motifs is 1. The van der Waals surface area contributed by atoms with Crippen molar-refractivity contribution < 1.29 is 13.2 Å². The summed E-state index contributed by atoms with van der Waals surface area (Å²) >= 11 is 0. The highest BCUT2D eigenvalue weighted by atomic mass is 32.2. The molecule has 21 heavy (non-hydrogen) atoms. The third-order valence-corrected chi connectivity index (χ3v) is 5.04. The first-order chi connectivity index (χ1) is 9.95. The molecule has 5 heteroatoms. The molecule has 0 aliphatic heterocycles. The number of rotatable bonds is 6. The zero-order valence-corrected chi connectivity index (χ0v) is 13.4. The number of hydrogen-bond acceptors (Lipinski definition) is 3. The first kappa shape index (κ1) is 15.9. The van der Waals surface area contributed by atoms with E-state index in [1.165, 1.54) is 0 Å². The lowest BCUT2D eigenvalue weighted by Gasteiger charge is -2.21. The second-order valence-corrected chi connectivity index (χ2v) is 7.09. The van der Waals surface area contributed by atoms with Crippen molar-refractivity contribution in [3.05, 3.63) is 42.5 Å². The molecule has 2 aromatic rings. The average Bonchev–Trinajstić information content (AvgIpc) is 2.46. The van der Waals surface area contributed by atoms with E-state index in [-0.39, 0.29) is 12.0 Å². The summed E-state index contributed by atoms with van der Waals surface area (Å²) in [6.45, 7) is 4.28. The minimum Gasteiger partial charge on any atom is -0.383 e. The largest absolute Gasteiger partial charge is 0.383 e. The third-order valence-electron chi connectivity index (χ3n) is 3.50. The topological polar surface area (TPSA) is 55.4 Å². The maximum absolute atomic E-state index is 12.7. The Morgan fingerprint density at radius 1 is 1.10 bits per heavy atom. The Labute approximate surface area is 126 Å². The molecule has 0 amide bonds. The maximum Gasteiger partial charge on any atom is 0.241 e. The van der Waals surface area contributed by atoms with Crippen LogP contribution in [0.4, 0.5) is 0 Å². The Morgan fingerprint density at radius 3 is 2.43 bits per heavy atom. The van der Waals surface area contributed by atoms with Crippen LogP contribution in [0.15, 0.2) is 47.4 Å². The van der Waals surface area contributed by atoms with Crippen molar-refractivity contribution in [2.75, 3.05) is 13.7 Å². The smallest absolute Gasteiger partial charge is 0.241 e. The van der Waals surface area contributed by atoms with E-state index in [2.05, 4.69) is 4.72 Å². The lowest BCUT2D eigenvalue weighted by molar-refractivity contribution is 0.157. The molecule has 1 atom stereocenters. The molecule has 0 aliphatic rings. The van der Waals surface area contributed by atoms with Gasteiger partial charge in [0.25, 0.3) is 0 Å². The molecule has 0 bridgehead atoms. The Bertz CT molecular complexity index is 705. The fraction of sp³-hybridized carbons (Fsp3) is 0.375. The predicted octanol–water partition coefficient (Wildman–Crippen LogP) is 2.79. The van der Waals surface area contributed by atoms with Crippen molar-refractivity contribution in [3.63, 3.8) is 0 Å². The Kier molecular flexibility index (Phi) is 4.98. The molecule has 0 aliphatic carbocycles. The lowest BCUT2D eigenvalue weighted by atomic mass is 10.1. The highest BCUT2D eigenvalue weighted by Gasteiger charge is 2.23. The molecule has 1 N–H and O–H groups in total. The van der Waals surface area contributed by atoms with Crippen LogP contribution in [0.5, 0.6) is 0 Å². The van der Waals surface area contributed by atoms with Gasteiger partial charge >= 0.3 is 0 Å². The Balaban J connectivity index is 2.42. The van der Waals surface area contributed by atoms with Crippen LogP contribution in [0.1, 0.15) is 13.8 Å². The van der Waals surface area contributed by atoms with E-state index in [4.69, 9.17) is 4.74 Å². The molecular weight excluding hydrogens is 286 g/mol. The predicted molar refractivity (Wildman–Crippen MR) is 84.8 cm³/mol. The highest BCUT2D eigenvalue weighted by Crippen LogP contribution is 2.23. The minimum absolute atomic E-state index is 0.148. The molecule has 0 heterocycles. The molecule has 1 unspecified atom stereocenters. The fourth-order valence-corrected chi connectivity index (χ4v) is 3.83. The van der Waals surface area contributed by atoms with E-state index in [9.17, 15) is 8.42 Å². The summed E-state index contributed by atoms with van der Waals surface area (Å²) in [5, 5.41) is 1.64. The van der Waals surface area contributed by atoms with Crippen molar-refractivity contribution in [1.82, 2.24) is 4.72 Å². The summed E-state index contributed by atoms with van der Waals surface area (Å²) in [4.78, 5) is 0.308. The second kappa shape index (κ2) is 6.56. The normalized spacial score (nSPS) is 13.7. The number of benzene rings is 2. The zero-order chi connectivity index (χ0) is 15.5. The summed E-state index contributed by atoms with van der Waals surface area (Å²) in [6.07, 6.45) is 0. The summed E-state index contributed by atoms with van der Waals surface area (Å²) < 4.78 is 33.2. The van der Waals surface area contributed by atoms with Crippen molar-refractivity contribution in [2.24, 2.45) is 5.92 Å². The van der Waals surface area contributed by atoms with Gasteiger partial charge in [-0.15, -0.1) is 0 Å². The van der Waals surface area contributed by atoms with Gasteiger partial charge in [0.15, 0.2) is 0 Å². The van der Waals surface area contributed by atoms with E-state index in [1.807, 2.05) is 44.2 Å². The van der Waals surface area contributed by atoms with E-state index in [1.54, 1.807) is 19.2 Å². The zero-order valence-electron chi connectivity index (χ0n) is 12.5. The average molecular weight is 307 g/mol. The summed E-state index contributed by atoms with van der Waals surface area (Å²) in [5.74, 6) is 0.148. The maximum atomic E-state index is 12.7. The standard InChI is InChI=1S/C16H21NO3S/c1-12(2)15(11-20-3)17-21(18,19)16-10-6-8-13-7-4-5-9-14(13)16/h4-10,12,15,17H,11H2,1-3H3. The van der Waals surface area contributed by atoms with Crippen LogP contribution in [0.3, 0.4) is 0 Å². The summed E-state index contributed by atoms with van der Waals surface area (Å²) in [5.41, 5.74) is 0. The van der Waals surface area contributed by atoms with Crippen molar-refractivity contribution in [3.8, 4) is 0 Å². The van der Waals surface area contributed by atoms with Gasteiger partial charge in [0.1, 0.15) is 0 Å². The summed E-state index contributed by atoms with van der Waals surface area (Å²) in [6, 6.07) is 12.5. The molecule has 4 nitrogen and oxygen atoms in total. The van der Waals surface area contributed by atoms with Crippen LogP contribution < -0.4 is 4.72 Å². The molecule has 114 valence electrons. The molecule has 2 rings (SSSR count). The molecular formula is C16H21NO3S. The SMILES string of the molecule is COCC(NS(=O)(=O)c1cccc2ccccc12)C(C)C. The number of hydrogen-bond donors (Lipinski definition) is 1. The molecule has 0 saturated heterocycles. The van der Waals surface area contributed by atoms with E-state index in [0.29, 0.717) is 11.5 Å². The number of sulfonamides is 1. The van der Waals surface area contributed by atoms with Gasteiger partial charge in [0, 0.05) is 18.5 Å². The first-order valence-electron chi connectivity index (χ1n) is 6.94. The Hall–Kier alpha value is -1.43. The van der Waals surface area contributed by atoms with Crippen LogP contribution in [-0.2, 0) is 14.8 Å². The Morgan fingerprint density at radius 2 is 1.76 bits per heavy atom. The van der Waals surface area contributed by atoms with Gasteiger partial charge in [-0.25, -0.2) is 13.1 Å². The third kappa shape index (κ3) is 3.61. The van der Waals surface area contributed by atoms with Crippen LogP contribution in [0.2, 0.25) is 0 Å². The molecule has 0 aromatic heterocycles. The van der Waals surface area contributed by atoms with Crippen LogP contribution in [0, 0.1) is 5.92 Å². The monoisotopic (exact) mass is 307 g/mol. The van der Waals surface area contributed by atoms with Gasteiger partial charge in [-0.2, -0.15) is 0 Å². The summed E-state index contributed by atoms with van der Waals surface area (Å²) in [7, 11) is -2.01. The first-order valence-corrected chi connectivity index (χ1v) is 8.43. The van der Waals surface area contributed by atoms with Gasteiger partial charge in [0.2, 0.25) is 10.0 Å². The van der Waals surface area contributed by atoms with E-state index >= 15 is 0 Å². The molecule has 0 spiro atoms. The van der Waals surface area contributed by atoms with Gasteiger partial charge < -0.3 is 4.74 Å². The van der Waals surface area contributed by atoms with Crippen LogP contribution >= 0.6 is 0 Å². The van der Waals surface area contributed by atoms with Crippen molar-refractivity contribution >= 4 is 20.8 Å². The fourth-order valence-electron chi connectivity index (χ4n) is 2.23. The number of methoxy groups -OCH3 is 1. The highest BCUT2D eigenvalue weighted by molar-refractivity contribution is 7.89. The van der Waals surface area contributed by atoms with Crippen LogP contribution in [-0.4, -0.2) is 28.2 Å². The minimum atomic E-state index is -3.58. The quantitative estimate of drug-likeness (QED) is 0.893. The lowest BCUT2D eigenvalue weighted by Crippen LogP contribution is -2.41. The van der Waals surface area contributed by atoms with Gasteiger partial charge in [-0.3, -0.25) is 0 Å². The van der Waals surface area contributed by atoms with Crippen LogP contribution in [0.25, 0.3) is 10.8 Å². The van der Waals surface area contributed by atoms with E-state index < -0.39 is 10.0 Å². The molecule has 0 fully saturated rings. The van der Waals surface area contributed by atoms with Crippen molar-refractivity contribution in [2.45, 2.75) is 24.8 Å². The van der Waals surface area contributed by atoms with Gasteiger partial charge in [0.05, 0.1) is 11.5 Å². The van der Waals surface area contributed by atoms with E-state index in [0.717, 1.165) is 10.8 Å². The second-order valence-electron chi connectivity index (χ2n) is 5.40. The number of nitrogens with one attached hydrogen (secondary N) is 1. The molecule has 0 saturated carbocycles. The molecule has 2 aromatic carbocycles. The molecule has 0 radical (unpaired) electrons. The van der Waals surface area contributed by atoms with Gasteiger partial charge in [-0.1, -0.05) is 50.2 Å². The number of ether oxygens (including phenoxy) is 1.